The van der Waals surface area contributed by atoms with Crippen LogP contribution >= 0.6 is 0 Å². The normalized spacial score (nSPS) is 50.6. The van der Waals surface area contributed by atoms with E-state index in [1.54, 1.807) is 0 Å². The molecule has 4 fully saturated rings. The highest BCUT2D eigenvalue weighted by Gasteiger charge is 2.50. The van der Waals surface area contributed by atoms with Gasteiger partial charge in [0, 0.05) is 5.92 Å². The van der Waals surface area contributed by atoms with Gasteiger partial charge in [-0.15, -0.1) is 0 Å². The summed E-state index contributed by atoms with van der Waals surface area (Å²) in [6.45, 7) is 1.24. The summed E-state index contributed by atoms with van der Waals surface area (Å²) >= 11 is 0. The van der Waals surface area contributed by atoms with Gasteiger partial charge in [-0.1, -0.05) is 6.92 Å². The summed E-state index contributed by atoms with van der Waals surface area (Å²) in [4.78, 5) is 12.1. The lowest BCUT2D eigenvalue weighted by atomic mass is 9.80. The number of rotatable bonds is 7. The second kappa shape index (κ2) is 11.2. The summed E-state index contributed by atoms with van der Waals surface area (Å²) < 4.78 is 27.4. The largest absolute Gasteiger partial charge is 0.465 e. The van der Waals surface area contributed by atoms with Gasteiger partial charge in [0.1, 0.15) is 48.8 Å². The number of fused-ring (bicyclic) bond motifs is 1. The minimum absolute atomic E-state index is 0.0906. The summed E-state index contributed by atoms with van der Waals surface area (Å²) in [6.07, 6.45) is -13.0. The van der Waals surface area contributed by atoms with Crippen LogP contribution in [0.15, 0.2) is 0 Å². The van der Waals surface area contributed by atoms with Crippen LogP contribution in [0.3, 0.4) is 0 Å². The highest BCUT2D eigenvalue weighted by atomic mass is 16.7. The van der Waals surface area contributed by atoms with Crippen LogP contribution in [0.25, 0.3) is 0 Å². The standard InChI is InChI=1S/C22H36O13/c1-8-2-3-10-9(5-31-20(30)13(8)10)6-32-21-19(29)17(27)15(25)12(35-21)7-33-22-18(28)16(26)14(24)11(4-23)34-22/h8-19,21-29H,2-7H2,1H3/t8-,9?,10+,11-,12-,13+,14-,15-,16+,17+,18-,19-,21-,22-/m1/s1. The molecular formula is C22H36O13. The average Bonchev–Trinajstić information content (AvgIpc) is 3.24. The Hall–Kier alpha value is -0.970. The van der Waals surface area contributed by atoms with Gasteiger partial charge in [-0.25, -0.2) is 0 Å². The molecule has 3 saturated heterocycles. The number of esters is 1. The lowest BCUT2D eigenvalue weighted by Crippen LogP contribution is -2.61. The number of carbonyl (C=O) groups excluding carboxylic acids is 1. The molecule has 1 aliphatic carbocycles. The molecule has 1 unspecified atom stereocenters. The first kappa shape index (κ1) is 27.1. The molecule has 35 heavy (non-hydrogen) atoms. The fourth-order valence-electron chi connectivity index (χ4n) is 5.56. The zero-order valence-electron chi connectivity index (χ0n) is 19.4. The predicted molar refractivity (Wildman–Crippen MR) is 112 cm³/mol. The van der Waals surface area contributed by atoms with E-state index >= 15 is 0 Å². The molecule has 3 aliphatic heterocycles. The van der Waals surface area contributed by atoms with Crippen molar-refractivity contribution in [2.24, 2.45) is 23.7 Å². The molecule has 0 aromatic carbocycles. The topological polar surface area (TPSA) is 205 Å². The minimum Gasteiger partial charge on any atom is -0.465 e. The smallest absolute Gasteiger partial charge is 0.309 e. The van der Waals surface area contributed by atoms with Crippen LogP contribution in [0, 0.1) is 23.7 Å². The molecule has 0 aromatic heterocycles. The van der Waals surface area contributed by atoms with Gasteiger partial charge in [0.05, 0.1) is 32.3 Å². The van der Waals surface area contributed by atoms with E-state index in [4.69, 9.17) is 23.7 Å². The molecule has 0 radical (unpaired) electrons. The van der Waals surface area contributed by atoms with Crippen LogP contribution in [-0.2, 0) is 28.5 Å². The Balaban J connectivity index is 1.34. The van der Waals surface area contributed by atoms with Crippen molar-refractivity contribution in [3.05, 3.63) is 0 Å². The van der Waals surface area contributed by atoms with E-state index in [1.807, 2.05) is 6.92 Å². The molecule has 4 aliphatic rings. The quantitative estimate of drug-likeness (QED) is 0.167. The molecule has 0 aromatic rings. The Morgan fingerprint density at radius 2 is 1.37 bits per heavy atom. The van der Waals surface area contributed by atoms with Crippen LogP contribution in [0.4, 0.5) is 0 Å². The van der Waals surface area contributed by atoms with Gasteiger partial charge in [-0.2, -0.15) is 0 Å². The first-order valence-corrected chi connectivity index (χ1v) is 12.0. The van der Waals surface area contributed by atoms with Crippen LogP contribution in [0.5, 0.6) is 0 Å². The third-order valence-corrected chi connectivity index (χ3v) is 7.76. The van der Waals surface area contributed by atoms with Crippen molar-refractivity contribution in [1.82, 2.24) is 0 Å². The van der Waals surface area contributed by atoms with Gasteiger partial charge in [0.2, 0.25) is 0 Å². The third-order valence-electron chi connectivity index (χ3n) is 7.76. The summed E-state index contributed by atoms with van der Waals surface area (Å²) in [7, 11) is 0. The van der Waals surface area contributed by atoms with Crippen LogP contribution in [0.1, 0.15) is 19.8 Å². The van der Waals surface area contributed by atoms with Crippen LogP contribution < -0.4 is 0 Å². The zero-order valence-corrected chi connectivity index (χ0v) is 19.4. The Bertz CT molecular complexity index is 721. The van der Waals surface area contributed by atoms with Crippen molar-refractivity contribution in [1.29, 1.82) is 0 Å². The number of hydrogen-bond acceptors (Lipinski definition) is 13. The second-order valence-corrected chi connectivity index (χ2v) is 10.0. The van der Waals surface area contributed by atoms with Crippen molar-refractivity contribution in [2.45, 2.75) is 81.2 Å². The maximum atomic E-state index is 12.1. The number of cyclic esters (lactones) is 1. The number of ether oxygens (including phenoxy) is 5. The lowest BCUT2D eigenvalue weighted by molar-refractivity contribution is -0.332. The van der Waals surface area contributed by atoms with E-state index in [0.717, 1.165) is 12.8 Å². The Kier molecular flexibility index (Phi) is 8.66. The highest BCUT2D eigenvalue weighted by molar-refractivity contribution is 5.74. The first-order valence-electron chi connectivity index (χ1n) is 12.0. The molecule has 0 bridgehead atoms. The molecule has 1 saturated carbocycles. The summed E-state index contributed by atoms with van der Waals surface area (Å²) in [5.74, 6) is -0.192. The molecule has 14 atom stereocenters. The van der Waals surface area contributed by atoms with Crippen molar-refractivity contribution < 1.29 is 64.2 Å². The summed E-state index contributed by atoms with van der Waals surface area (Å²) in [6, 6.07) is 0. The SMILES string of the molecule is C[C@@H]1CC[C@H]2C(CO[C@@H]3O[C@H](CO[C@@H]4O[C@H](CO)[C@@H](O)[C@H](O)[C@H]4O)[C@@H](O)[C@H](O)[C@H]3O)COC(=O)[C@@H]12. The first-order chi connectivity index (χ1) is 16.6. The Morgan fingerprint density at radius 1 is 0.800 bits per heavy atom. The molecular weight excluding hydrogens is 472 g/mol. The molecule has 13 heteroatoms. The fourth-order valence-corrected chi connectivity index (χ4v) is 5.56. The Labute approximate surface area is 202 Å². The molecule has 0 amide bonds. The fraction of sp³-hybridized carbons (Fsp3) is 0.955. The van der Waals surface area contributed by atoms with Gasteiger partial charge in [0.15, 0.2) is 12.6 Å². The lowest BCUT2D eigenvalue weighted by Gasteiger charge is -2.43. The number of aliphatic hydroxyl groups is 7. The monoisotopic (exact) mass is 508 g/mol. The average molecular weight is 509 g/mol. The van der Waals surface area contributed by atoms with Gasteiger partial charge in [-0.3, -0.25) is 4.79 Å². The maximum absolute atomic E-state index is 12.1. The van der Waals surface area contributed by atoms with Crippen LogP contribution in [0.2, 0.25) is 0 Å². The van der Waals surface area contributed by atoms with E-state index < -0.39 is 74.6 Å². The van der Waals surface area contributed by atoms with Crippen molar-refractivity contribution in [3.63, 3.8) is 0 Å². The molecule has 3 heterocycles. The molecule has 7 N–H and O–H groups in total. The summed E-state index contributed by atoms with van der Waals surface area (Å²) in [5.41, 5.74) is 0. The predicted octanol–water partition coefficient (Wildman–Crippen LogP) is -3.54. The molecule has 13 nitrogen and oxygen atoms in total. The molecule has 0 spiro atoms. The van der Waals surface area contributed by atoms with Gasteiger partial charge in [-0.05, 0) is 24.7 Å². The Morgan fingerprint density at radius 3 is 2.00 bits per heavy atom. The number of hydrogen-bond donors (Lipinski definition) is 7. The maximum Gasteiger partial charge on any atom is 0.309 e. The highest BCUT2D eigenvalue weighted by Crippen LogP contribution is 2.44. The van der Waals surface area contributed by atoms with E-state index in [1.165, 1.54) is 0 Å². The minimum atomic E-state index is -1.65. The van der Waals surface area contributed by atoms with E-state index in [-0.39, 0.29) is 42.9 Å². The van der Waals surface area contributed by atoms with Crippen molar-refractivity contribution >= 4 is 5.97 Å². The van der Waals surface area contributed by atoms with Crippen molar-refractivity contribution in [2.75, 3.05) is 26.4 Å². The number of aliphatic hydroxyl groups excluding tert-OH is 7. The van der Waals surface area contributed by atoms with Crippen LogP contribution in [-0.4, -0.2) is 130 Å². The van der Waals surface area contributed by atoms with E-state index in [0.29, 0.717) is 0 Å². The second-order valence-electron chi connectivity index (χ2n) is 10.0. The molecule has 202 valence electrons. The molecule has 4 rings (SSSR count). The third kappa shape index (κ3) is 5.36. The zero-order chi connectivity index (χ0) is 25.4. The van der Waals surface area contributed by atoms with E-state index in [9.17, 15) is 40.5 Å². The van der Waals surface area contributed by atoms with Gasteiger partial charge >= 0.3 is 5.97 Å². The van der Waals surface area contributed by atoms with Crippen molar-refractivity contribution in [3.8, 4) is 0 Å². The summed E-state index contributed by atoms with van der Waals surface area (Å²) in [5, 5.41) is 70.2. The van der Waals surface area contributed by atoms with Gasteiger partial charge < -0.3 is 59.4 Å². The van der Waals surface area contributed by atoms with E-state index in [2.05, 4.69) is 0 Å². The number of carbonyl (C=O) groups is 1. The van der Waals surface area contributed by atoms with Gasteiger partial charge in [0.25, 0.3) is 0 Å².